The Labute approximate surface area is 424 Å². The van der Waals surface area contributed by atoms with E-state index in [4.69, 9.17) is 0 Å². The van der Waals surface area contributed by atoms with Gasteiger partial charge in [0, 0.05) is 0 Å². The minimum atomic E-state index is -8.84. The molecule has 0 aliphatic heterocycles. The van der Waals surface area contributed by atoms with Crippen LogP contribution in [0.15, 0.2) is 170 Å². The zero-order chi connectivity index (χ0) is 56.6. The minimum Gasteiger partial charge on any atom is -0.336 e. The van der Waals surface area contributed by atoms with Gasteiger partial charge in [-0.2, -0.15) is 35.1 Å². The molecule has 0 aromatic heterocycles. The number of quaternary nitrogens is 1. The third-order valence-electron chi connectivity index (χ3n) is 16.1. The molecule has 4 aliphatic carbocycles. The summed E-state index contributed by atoms with van der Waals surface area (Å²) in [7, 11) is 0. The van der Waals surface area contributed by atoms with Crippen molar-refractivity contribution < 1.29 is 92.7 Å². The molecule has 0 radical (unpaired) electrons. The minimum absolute atomic E-state index is 0.0237. The third-order valence-corrected chi connectivity index (χ3v) is 16.1. The molecule has 1 nitrogen and oxygen atoms in total. The lowest BCUT2D eigenvalue weighted by molar-refractivity contribution is -0.894. The quantitative estimate of drug-likeness (QED) is 0.0867. The highest BCUT2D eigenvalue weighted by atomic mass is 19.3. The van der Waals surface area contributed by atoms with Crippen molar-refractivity contribution >= 4 is 6.15 Å². The summed E-state index contributed by atoms with van der Waals surface area (Å²) in [6, 6.07) is 6.61. The summed E-state index contributed by atoms with van der Waals surface area (Å²) in [4.78, 5) is 1.68. The van der Waals surface area contributed by atoms with Crippen molar-refractivity contribution in [1.82, 2.24) is 0 Å². The number of allylic oxidation sites excluding steroid dienone is 8. The van der Waals surface area contributed by atoms with Gasteiger partial charge in [-0.25, -0.2) is 35.1 Å². The molecule has 0 saturated heterocycles. The van der Waals surface area contributed by atoms with Crippen LogP contribution in [0.25, 0.3) is 0 Å². The molecular formula is C54H48BF20N. The van der Waals surface area contributed by atoms with Gasteiger partial charge in [-0.15, -0.1) is 0 Å². The fraction of sp³-hybridized carbons (Fsp3) is 0.407. The normalized spacial score (nSPS) is 38.7. The van der Waals surface area contributed by atoms with E-state index in [-0.39, 0.29) is 48.5 Å². The Hall–Kier alpha value is -5.54. The predicted molar refractivity (Wildman–Crippen MR) is 247 cm³/mol. The lowest BCUT2D eigenvalue weighted by Crippen LogP contribution is -3.11. The molecule has 0 spiro atoms. The number of alkyl halides is 20. The second-order valence-electron chi connectivity index (χ2n) is 19.4. The summed E-state index contributed by atoms with van der Waals surface area (Å²) in [5.41, 5.74) is -62.6. The van der Waals surface area contributed by atoms with Crippen LogP contribution in [0, 0.1) is 0 Å². The molecule has 0 bridgehead atoms. The van der Waals surface area contributed by atoms with Gasteiger partial charge in [0.05, 0.1) is 41.9 Å². The van der Waals surface area contributed by atoms with Gasteiger partial charge in [-0.3, -0.25) is 17.6 Å². The van der Waals surface area contributed by atoms with E-state index in [0.717, 1.165) is 24.3 Å². The molecule has 76 heavy (non-hydrogen) atoms. The second kappa shape index (κ2) is 19.1. The predicted octanol–water partition coefficient (Wildman–Crippen LogP) is 14.0. The highest BCUT2D eigenvalue weighted by Gasteiger charge is 2.98. The molecule has 4 aromatic rings. The van der Waals surface area contributed by atoms with Crippen LogP contribution in [0.3, 0.4) is 0 Å². The lowest BCUT2D eigenvalue weighted by Gasteiger charge is -2.76. The molecule has 0 heterocycles. The summed E-state index contributed by atoms with van der Waals surface area (Å²) < 4.78 is 362. The van der Waals surface area contributed by atoms with E-state index in [0.29, 0.717) is 48.5 Å². The van der Waals surface area contributed by atoms with Crippen LogP contribution in [-0.2, 0) is 22.7 Å². The van der Waals surface area contributed by atoms with Crippen molar-refractivity contribution in [2.24, 2.45) is 0 Å². The molecule has 0 saturated carbocycles. The van der Waals surface area contributed by atoms with E-state index < -0.39 is 170 Å². The maximum absolute atomic E-state index is 20.6. The van der Waals surface area contributed by atoms with Crippen LogP contribution < -0.4 is 4.90 Å². The van der Waals surface area contributed by atoms with Crippen LogP contribution in [0.2, 0.25) is 0 Å². The summed E-state index contributed by atoms with van der Waals surface area (Å²) in [6.07, 6.45) is -35.4. The molecular weight excluding hydrogens is 1050 g/mol. The van der Waals surface area contributed by atoms with Crippen LogP contribution in [0.4, 0.5) is 87.8 Å². The number of nitrogens with one attached hydrogen (secondary N) is 1. The van der Waals surface area contributed by atoms with Gasteiger partial charge in [-0.05, 0) is 67.3 Å². The maximum Gasteiger partial charge on any atom is 0.319 e. The van der Waals surface area contributed by atoms with Gasteiger partial charge in [0.15, 0.2) is 30.8 Å². The first-order valence-electron chi connectivity index (χ1n) is 23.9. The van der Waals surface area contributed by atoms with E-state index in [2.05, 4.69) is 20.8 Å². The highest BCUT2D eigenvalue weighted by molar-refractivity contribution is 6.93. The topological polar surface area (TPSA) is 4.44 Å². The van der Waals surface area contributed by atoms with Crippen molar-refractivity contribution in [3.8, 4) is 0 Å². The summed E-state index contributed by atoms with van der Waals surface area (Å²) in [6.45, 7) is 10.5. The number of hydrogen-bond acceptors (Lipinski definition) is 0. The lowest BCUT2D eigenvalue weighted by atomic mass is 8.95. The number of halogens is 20. The Morgan fingerprint density at radius 3 is 0.632 bits per heavy atom. The maximum atomic E-state index is 20.6. The fourth-order valence-corrected chi connectivity index (χ4v) is 12.3. The van der Waals surface area contributed by atoms with Crippen molar-refractivity contribution in [1.29, 1.82) is 0 Å². The molecule has 12 atom stereocenters. The van der Waals surface area contributed by atoms with E-state index >= 15 is 87.8 Å². The van der Waals surface area contributed by atoms with Gasteiger partial charge in [0.1, 0.15) is 0 Å². The molecule has 0 fully saturated rings. The van der Waals surface area contributed by atoms with Crippen molar-refractivity contribution in [3.05, 3.63) is 192 Å². The summed E-state index contributed by atoms with van der Waals surface area (Å²) >= 11 is 0. The van der Waals surface area contributed by atoms with Gasteiger partial charge in [0.25, 0.3) is 0 Å². The smallest absolute Gasteiger partial charge is 0.319 e. The Balaban J connectivity index is 0.00000112. The number of benzene rings is 4. The van der Waals surface area contributed by atoms with E-state index in [1.54, 1.807) is 4.90 Å². The molecule has 12 unspecified atom stereocenters. The van der Waals surface area contributed by atoms with E-state index in [9.17, 15) is 0 Å². The third kappa shape index (κ3) is 6.90. The largest absolute Gasteiger partial charge is 0.336 e. The van der Waals surface area contributed by atoms with Gasteiger partial charge >= 0.3 is 23.7 Å². The molecule has 22 heteroatoms. The standard InChI is InChI=1S/C48H32BF20.C6H15N/c50-33-21-25-37(54,41(58,45(33,62)63)29-13-5-1-6-14-29)49(38(55)26-22-34(51)46(64,65)42(38,59)30-15-7-2-8-16-30,39(56)27-23-35(52)47(66,67)43(39,60)31-17-9-3-10-18-31)40(57)28-24-36(53)48(68,69)44(40,61)32-19-11-4-12-20-32;1-4-7(5-2)6-3/h1-28,33-36H;4-6H2,1-3H3/q-1;/p+1. The first-order chi connectivity index (χ1) is 35.3. The zero-order valence-corrected chi connectivity index (χ0v) is 40.2. The first-order valence-corrected chi connectivity index (χ1v) is 23.9. The molecule has 8 rings (SSSR count). The number of hydrogen-bond donors (Lipinski definition) is 1. The Bertz CT molecular complexity index is 2440. The van der Waals surface area contributed by atoms with Gasteiger partial charge < -0.3 is 4.90 Å². The molecule has 0 amide bonds. The molecule has 4 aromatic carbocycles. The van der Waals surface area contributed by atoms with Crippen LogP contribution in [0.5, 0.6) is 0 Å². The summed E-state index contributed by atoms with van der Waals surface area (Å²) in [5.74, 6) is -26.2. The van der Waals surface area contributed by atoms with E-state index in [1.165, 1.54) is 19.6 Å². The van der Waals surface area contributed by atoms with Gasteiger partial charge in [-0.1, -0.05) is 146 Å². The second-order valence-corrected chi connectivity index (χ2v) is 19.4. The number of rotatable bonds is 11. The Kier molecular flexibility index (Phi) is 14.6. The first kappa shape index (κ1) is 58.2. The van der Waals surface area contributed by atoms with Crippen LogP contribution >= 0.6 is 0 Å². The Morgan fingerprint density at radius 2 is 0.487 bits per heavy atom. The monoisotopic (exact) mass is 1100 g/mol. The molecule has 4 aliphatic rings. The van der Waals surface area contributed by atoms with E-state index in [1.807, 2.05) is 0 Å². The molecule has 412 valence electrons. The SMILES string of the molecule is CC[NH+](CC)CC.FC1C=CC(F)([B-](C2(F)C=CC(F)C(F)(F)C2(F)c2ccccc2)(C2(F)C=CC(F)C(F)(F)C2(F)c2ccccc2)C2(F)C=CC(F)C(F)(F)C2(F)c2ccccc2)C(F)(c2ccccc2)C1(F)F. The average molecular weight is 1100 g/mol. The van der Waals surface area contributed by atoms with Gasteiger partial charge in [0.2, 0.25) is 22.7 Å². The van der Waals surface area contributed by atoms with Crippen molar-refractivity contribution in [2.45, 2.75) is 114 Å². The molecule has 1 N–H and O–H groups in total. The van der Waals surface area contributed by atoms with Crippen LogP contribution in [0.1, 0.15) is 43.0 Å². The Morgan fingerprint density at radius 1 is 0.316 bits per heavy atom. The highest BCUT2D eigenvalue weighted by Crippen LogP contribution is 2.79. The van der Waals surface area contributed by atoms with Crippen LogP contribution in [-0.4, -0.2) is 96.4 Å². The zero-order valence-electron chi connectivity index (χ0n) is 40.2. The summed E-state index contributed by atoms with van der Waals surface area (Å²) in [5, 5.41) is 0. The van der Waals surface area contributed by atoms with Crippen molar-refractivity contribution in [2.75, 3.05) is 19.6 Å². The fourth-order valence-electron chi connectivity index (χ4n) is 12.3. The average Bonchev–Trinajstić information content (AvgIpc) is 3.41. The van der Waals surface area contributed by atoms with Crippen molar-refractivity contribution in [3.63, 3.8) is 0 Å².